The molecule has 0 amide bonds. The van der Waals surface area contributed by atoms with E-state index in [0.717, 1.165) is 10.5 Å². The number of fused-ring (bicyclic) bond motifs is 1. The first kappa shape index (κ1) is 11.2. The van der Waals surface area contributed by atoms with Crippen molar-refractivity contribution in [3.05, 3.63) is 34.7 Å². The molecule has 0 aromatic carbocycles. The lowest BCUT2D eigenvalue weighted by molar-refractivity contribution is -0.136. The summed E-state index contributed by atoms with van der Waals surface area (Å²) in [5, 5.41) is 8.85. The summed E-state index contributed by atoms with van der Waals surface area (Å²) in [4.78, 5) is 3.60. The highest BCUT2D eigenvalue weighted by atomic mass is 35.5. The maximum absolute atomic E-state index is 12.6. The van der Waals surface area contributed by atoms with Crippen LogP contribution in [-0.2, 0) is 12.8 Å². The molecule has 2 aromatic rings. The lowest BCUT2D eigenvalue weighted by Crippen LogP contribution is -2.08. The van der Waals surface area contributed by atoms with Gasteiger partial charge in [0.05, 0.1) is 17.9 Å². The van der Waals surface area contributed by atoms with Crippen molar-refractivity contribution in [2.45, 2.75) is 12.8 Å². The monoisotopic (exact) mass is 250 g/mol. The fourth-order valence-corrected chi connectivity index (χ4v) is 1.68. The summed E-state index contributed by atoms with van der Waals surface area (Å²) >= 11 is 5.63. The van der Waals surface area contributed by atoms with Crippen molar-refractivity contribution in [2.24, 2.45) is 0 Å². The van der Waals surface area contributed by atoms with Crippen LogP contribution in [0.2, 0.25) is 5.15 Å². The van der Waals surface area contributed by atoms with Crippen LogP contribution in [-0.4, -0.2) is 14.5 Å². The first-order chi connectivity index (χ1) is 7.45. The Balaban J connectivity index is 2.80. The quantitative estimate of drug-likeness (QED) is 0.844. The Bertz CT molecular complexity index is 535. The summed E-state index contributed by atoms with van der Waals surface area (Å²) in [6.07, 6.45) is -3.13. The van der Waals surface area contributed by atoms with Crippen LogP contribution >= 0.6 is 11.6 Å². The van der Waals surface area contributed by atoms with Gasteiger partial charge in [-0.25, -0.2) is 4.98 Å². The molecule has 0 spiro atoms. The molecule has 0 aliphatic rings. The van der Waals surface area contributed by atoms with Gasteiger partial charge in [0, 0.05) is 6.20 Å². The van der Waals surface area contributed by atoms with Crippen molar-refractivity contribution in [1.82, 2.24) is 9.38 Å². The maximum atomic E-state index is 12.6. The summed E-state index contributed by atoms with van der Waals surface area (Å²) < 4.78 is 38.9. The van der Waals surface area contributed by atoms with Crippen molar-refractivity contribution in [1.29, 1.82) is 0 Å². The largest absolute Gasteiger partial charge is 0.419 e. The molecule has 2 aromatic heterocycles. The highest BCUT2D eigenvalue weighted by Crippen LogP contribution is 2.33. The number of halogens is 4. The molecule has 3 nitrogen and oxygen atoms in total. The molecule has 0 aliphatic carbocycles. The van der Waals surface area contributed by atoms with E-state index in [1.54, 1.807) is 0 Å². The second kappa shape index (κ2) is 3.64. The predicted octanol–water partition coefficient (Wildman–Crippen LogP) is 2.50. The molecule has 16 heavy (non-hydrogen) atoms. The number of hydrogen-bond acceptors (Lipinski definition) is 2. The number of rotatable bonds is 1. The van der Waals surface area contributed by atoms with Crippen molar-refractivity contribution in [2.75, 3.05) is 0 Å². The van der Waals surface area contributed by atoms with Crippen LogP contribution in [0.3, 0.4) is 0 Å². The topological polar surface area (TPSA) is 37.5 Å². The molecule has 0 aliphatic heterocycles. The van der Waals surface area contributed by atoms with Crippen LogP contribution in [0.25, 0.3) is 5.65 Å². The van der Waals surface area contributed by atoms with Crippen LogP contribution in [0.4, 0.5) is 13.2 Å². The van der Waals surface area contributed by atoms with E-state index < -0.39 is 18.3 Å². The minimum atomic E-state index is -4.50. The Labute approximate surface area is 93.1 Å². The average molecular weight is 251 g/mol. The van der Waals surface area contributed by atoms with Gasteiger partial charge in [-0.05, 0) is 12.1 Å². The number of alkyl halides is 3. The number of pyridine rings is 1. The number of hydrogen-bond donors (Lipinski definition) is 1. The van der Waals surface area contributed by atoms with Crippen molar-refractivity contribution in [3.8, 4) is 0 Å². The van der Waals surface area contributed by atoms with Gasteiger partial charge in [-0.2, -0.15) is 13.2 Å². The molecule has 0 saturated carbocycles. The Morgan fingerprint density at radius 2 is 2.12 bits per heavy atom. The Hall–Kier alpha value is -1.27. The van der Waals surface area contributed by atoms with Gasteiger partial charge in [-0.3, -0.25) is 4.40 Å². The molecule has 0 saturated heterocycles. The van der Waals surface area contributed by atoms with E-state index in [9.17, 15) is 13.2 Å². The molecule has 1 N–H and O–H groups in total. The van der Waals surface area contributed by atoms with Crippen molar-refractivity contribution >= 4 is 17.2 Å². The van der Waals surface area contributed by atoms with Crippen LogP contribution in [0.1, 0.15) is 11.3 Å². The molecule has 0 bridgehead atoms. The molecular weight excluding hydrogens is 245 g/mol. The molecule has 2 heterocycles. The number of aliphatic hydroxyl groups is 1. The van der Waals surface area contributed by atoms with Gasteiger partial charge in [0.2, 0.25) is 0 Å². The third-order valence-electron chi connectivity index (χ3n) is 2.16. The Morgan fingerprint density at radius 3 is 2.69 bits per heavy atom. The van der Waals surface area contributed by atoms with Gasteiger partial charge in [0.15, 0.2) is 10.8 Å². The molecule has 86 valence electrons. The lowest BCUT2D eigenvalue weighted by Gasteiger charge is -2.07. The summed E-state index contributed by atoms with van der Waals surface area (Å²) in [7, 11) is 0. The third kappa shape index (κ3) is 1.64. The van der Waals surface area contributed by atoms with Crippen LogP contribution in [0, 0.1) is 0 Å². The Morgan fingerprint density at radius 1 is 1.44 bits per heavy atom. The van der Waals surface area contributed by atoms with Crippen LogP contribution in [0.15, 0.2) is 18.3 Å². The zero-order valence-electron chi connectivity index (χ0n) is 7.79. The number of aromatic nitrogens is 2. The van der Waals surface area contributed by atoms with Gasteiger partial charge < -0.3 is 5.11 Å². The first-order valence-corrected chi connectivity index (χ1v) is 4.66. The summed E-state index contributed by atoms with van der Waals surface area (Å²) in [5.74, 6) is 0. The van der Waals surface area contributed by atoms with Crippen LogP contribution < -0.4 is 0 Å². The van der Waals surface area contributed by atoms with Crippen molar-refractivity contribution < 1.29 is 18.3 Å². The fourth-order valence-electron chi connectivity index (χ4n) is 1.45. The number of aliphatic hydroxyl groups excluding tert-OH is 1. The zero-order valence-corrected chi connectivity index (χ0v) is 8.55. The highest BCUT2D eigenvalue weighted by Gasteiger charge is 2.34. The van der Waals surface area contributed by atoms with Gasteiger partial charge in [-0.15, -0.1) is 0 Å². The Kier molecular flexibility index (Phi) is 2.55. The smallest absolute Gasteiger partial charge is 0.390 e. The molecule has 7 heteroatoms. The van der Waals surface area contributed by atoms with E-state index in [0.29, 0.717) is 0 Å². The average Bonchev–Trinajstić information content (AvgIpc) is 2.50. The standard InChI is InChI=1S/C9H6ClF3N2O/c10-7-6(4-16)15-3-1-2-5(8(15)14-7)9(11,12)13/h1-3,16H,4H2. The van der Waals surface area contributed by atoms with Gasteiger partial charge in [0.1, 0.15) is 0 Å². The minimum Gasteiger partial charge on any atom is -0.390 e. The molecule has 0 fully saturated rings. The van der Waals surface area contributed by atoms with Crippen molar-refractivity contribution in [3.63, 3.8) is 0 Å². The zero-order chi connectivity index (χ0) is 11.9. The normalized spacial score (nSPS) is 12.3. The highest BCUT2D eigenvalue weighted by molar-refractivity contribution is 6.30. The van der Waals surface area contributed by atoms with E-state index >= 15 is 0 Å². The van der Waals surface area contributed by atoms with Gasteiger partial charge >= 0.3 is 6.18 Å². The fraction of sp³-hybridized carbons (Fsp3) is 0.222. The van der Waals surface area contributed by atoms with Gasteiger partial charge in [-0.1, -0.05) is 11.6 Å². The predicted molar refractivity (Wildman–Crippen MR) is 51.1 cm³/mol. The molecule has 0 radical (unpaired) electrons. The molecule has 0 unspecified atom stereocenters. The second-order valence-corrected chi connectivity index (χ2v) is 3.48. The number of imidazole rings is 1. The number of nitrogens with zero attached hydrogens (tertiary/aromatic N) is 2. The SMILES string of the molecule is OCc1c(Cl)nc2c(C(F)(F)F)cccn12. The molecule has 0 atom stereocenters. The van der Waals surface area contributed by atoms with Crippen LogP contribution in [0.5, 0.6) is 0 Å². The van der Waals surface area contributed by atoms with Gasteiger partial charge in [0.25, 0.3) is 0 Å². The molecular formula is C9H6ClF3N2O. The van der Waals surface area contributed by atoms with E-state index in [4.69, 9.17) is 16.7 Å². The summed E-state index contributed by atoms with van der Waals surface area (Å²) in [6, 6.07) is 2.15. The summed E-state index contributed by atoms with van der Waals surface area (Å²) in [6.45, 7) is -0.471. The minimum absolute atomic E-state index is 0.126. The summed E-state index contributed by atoms with van der Waals surface area (Å²) in [5.41, 5.74) is -1.04. The lowest BCUT2D eigenvalue weighted by atomic mass is 10.2. The van der Waals surface area contributed by atoms with E-state index in [1.165, 1.54) is 12.3 Å². The van der Waals surface area contributed by atoms with E-state index in [-0.39, 0.29) is 16.5 Å². The van der Waals surface area contributed by atoms with E-state index in [1.807, 2.05) is 0 Å². The maximum Gasteiger partial charge on any atom is 0.419 e. The second-order valence-electron chi connectivity index (χ2n) is 3.12. The first-order valence-electron chi connectivity index (χ1n) is 4.28. The van der Waals surface area contributed by atoms with E-state index in [2.05, 4.69) is 4.98 Å². The third-order valence-corrected chi connectivity index (χ3v) is 2.46. The molecule has 2 rings (SSSR count).